The molecule has 0 fully saturated rings. The van der Waals surface area contributed by atoms with Gasteiger partial charge in [-0.05, 0) is 23.6 Å². The summed E-state index contributed by atoms with van der Waals surface area (Å²) in [6.07, 6.45) is 7.87. The number of nitrogens with one attached hydrogen (secondary N) is 1. The number of imidazole rings is 1. The average Bonchev–Trinajstić information content (AvgIpc) is 2.98. The minimum Gasteiger partial charge on any atom is -0.347 e. The van der Waals surface area contributed by atoms with Crippen molar-refractivity contribution in [3.63, 3.8) is 0 Å². The van der Waals surface area contributed by atoms with Crippen LogP contribution in [0.2, 0.25) is 0 Å². The number of carbonyl (C=O) groups excluding carboxylic acids is 1. The van der Waals surface area contributed by atoms with Gasteiger partial charge in [-0.3, -0.25) is 4.79 Å². The van der Waals surface area contributed by atoms with Crippen LogP contribution in [0.25, 0.3) is 6.08 Å². The molecule has 0 bridgehead atoms. The Morgan fingerprint density at radius 1 is 1.35 bits per heavy atom. The summed E-state index contributed by atoms with van der Waals surface area (Å²) < 4.78 is 0. The van der Waals surface area contributed by atoms with Gasteiger partial charge in [0.1, 0.15) is 5.82 Å². The third-order valence-electron chi connectivity index (χ3n) is 3.12. The molecule has 0 saturated heterocycles. The number of aromatic amines is 1. The maximum absolute atomic E-state index is 12.0. The molecule has 0 unspecified atom stereocenters. The van der Waals surface area contributed by atoms with Crippen LogP contribution in [-0.2, 0) is 17.8 Å². The monoisotopic (exact) mass is 269 g/mol. The van der Waals surface area contributed by atoms with E-state index < -0.39 is 0 Å². The minimum atomic E-state index is -0.0408. The molecule has 1 aromatic carbocycles. The van der Waals surface area contributed by atoms with Crippen molar-refractivity contribution in [1.82, 2.24) is 14.9 Å². The molecule has 0 aliphatic carbocycles. The van der Waals surface area contributed by atoms with Gasteiger partial charge in [-0.2, -0.15) is 0 Å². The molecular formula is C16H19N3O. The van der Waals surface area contributed by atoms with E-state index in [1.807, 2.05) is 18.2 Å². The van der Waals surface area contributed by atoms with Gasteiger partial charge in [-0.25, -0.2) is 4.98 Å². The van der Waals surface area contributed by atoms with E-state index in [1.165, 1.54) is 5.56 Å². The molecule has 2 aromatic rings. The Morgan fingerprint density at radius 2 is 2.10 bits per heavy atom. The van der Waals surface area contributed by atoms with Crippen LogP contribution in [0.15, 0.2) is 42.7 Å². The summed E-state index contributed by atoms with van der Waals surface area (Å²) >= 11 is 0. The zero-order valence-electron chi connectivity index (χ0n) is 11.8. The fourth-order valence-electron chi connectivity index (χ4n) is 1.85. The van der Waals surface area contributed by atoms with E-state index in [2.05, 4.69) is 29.0 Å². The first-order valence-electron chi connectivity index (χ1n) is 6.69. The van der Waals surface area contributed by atoms with Crippen molar-refractivity contribution in [3.8, 4) is 0 Å². The Kier molecular flexibility index (Phi) is 4.71. The first-order valence-corrected chi connectivity index (χ1v) is 6.69. The molecule has 0 spiro atoms. The summed E-state index contributed by atoms with van der Waals surface area (Å²) in [6, 6.07) is 8.21. The number of benzene rings is 1. The second kappa shape index (κ2) is 6.70. The van der Waals surface area contributed by atoms with Crippen molar-refractivity contribution < 1.29 is 4.79 Å². The summed E-state index contributed by atoms with van der Waals surface area (Å²) in [5.74, 6) is 0.738. The number of aryl methyl sites for hydroxylation is 1. The molecule has 4 nitrogen and oxygen atoms in total. The fourth-order valence-corrected chi connectivity index (χ4v) is 1.85. The Labute approximate surface area is 119 Å². The lowest BCUT2D eigenvalue weighted by Gasteiger charge is -2.12. The fraction of sp³-hybridized carbons (Fsp3) is 0.250. The van der Waals surface area contributed by atoms with Gasteiger partial charge in [-0.15, -0.1) is 0 Å². The van der Waals surface area contributed by atoms with Crippen LogP contribution in [0.4, 0.5) is 0 Å². The summed E-state index contributed by atoms with van der Waals surface area (Å²) in [4.78, 5) is 20.7. The van der Waals surface area contributed by atoms with Crippen LogP contribution < -0.4 is 0 Å². The molecule has 4 heteroatoms. The number of nitrogens with zero attached hydrogens (tertiary/aromatic N) is 2. The number of hydrogen-bond donors (Lipinski definition) is 1. The number of amides is 1. The predicted octanol–water partition coefficient (Wildman–Crippen LogP) is 2.64. The highest BCUT2D eigenvalue weighted by Gasteiger charge is 2.06. The Bertz CT molecular complexity index is 570. The number of hydrogen-bond acceptors (Lipinski definition) is 2. The molecule has 1 aromatic heterocycles. The maximum Gasteiger partial charge on any atom is 0.246 e. The van der Waals surface area contributed by atoms with Gasteiger partial charge in [-0.1, -0.05) is 31.2 Å². The molecule has 0 aliphatic heterocycles. The highest BCUT2D eigenvalue weighted by atomic mass is 16.2. The van der Waals surface area contributed by atoms with Crippen molar-refractivity contribution in [1.29, 1.82) is 0 Å². The van der Waals surface area contributed by atoms with E-state index in [-0.39, 0.29) is 5.91 Å². The first kappa shape index (κ1) is 14.1. The molecular weight excluding hydrogens is 250 g/mol. The third kappa shape index (κ3) is 3.82. The van der Waals surface area contributed by atoms with Crippen LogP contribution >= 0.6 is 0 Å². The summed E-state index contributed by atoms with van der Waals surface area (Å²) in [7, 11) is 1.76. The van der Waals surface area contributed by atoms with Crippen LogP contribution in [0, 0.1) is 0 Å². The van der Waals surface area contributed by atoms with E-state index in [4.69, 9.17) is 0 Å². The molecule has 0 aliphatic rings. The molecule has 1 amide bonds. The normalized spacial score (nSPS) is 10.9. The lowest BCUT2D eigenvalue weighted by atomic mass is 10.1. The van der Waals surface area contributed by atoms with E-state index in [9.17, 15) is 4.79 Å². The number of aromatic nitrogens is 2. The van der Waals surface area contributed by atoms with Gasteiger partial charge >= 0.3 is 0 Å². The Balaban J connectivity index is 1.93. The minimum absolute atomic E-state index is 0.0408. The molecule has 0 atom stereocenters. The second-order valence-corrected chi connectivity index (χ2v) is 4.66. The highest BCUT2D eigenvalue weighted by molar-refractivity contribution is 5.91. The lowest BCUT2D eigenvalue weighted by molar-refractivity contribution is -0.125. The summed E-state index contributed by atoms with van der Waals surface area (Å²) in [5, 5.41) is 0. The van der Waals surface area contributed by atoms with Crippen molar-refractivity contribution >= 4 is 12.0 Å². The predicted molar refractivity (Wildman–Crippen MR) is 79.9 cm³/mol. The highest BCUT2D eigenvalue weighted by Crippen LogP contribution is 2.07. The van der Waals surface area contributed by atoms with Crippen LogP contribution in [0.1, 0.15) is 23.9 Å². The van der Waals surface area contributed by atoms with E-state index in [0.29, 0.717) is 6.54 Å². The van der Waals surface area contributed by atoms with E-state index >= 15 is 0 Å². The van der Waals surface area contributed by atoms with Crippen molar-refractivity contribution in [2.24, 2.45) is 0 Å². The van der Waals surface area contributed by atoms with E-state index in [1.54, 1.807) is 30.4 Å². The van der Waals surface area contributed by atoms with Crippen LogP contribution in [0.5, 0.6) is 0 Å². The molecule has 0 radical (unpaired) electrons. The molecule has 0 saturated carbocycles. The topological polar surface area (TPSA) is 49.0 Å². The van der Waals surface area contributed by atoms with Crippen LogP contribution in [-0.4, -0.2) is 27.8 Å². The van der Waals surface area contributed by atoms with E-state index in [0.717, 1.165) is 17.8 Å². The smallest absolute Gasteiger partial charge is 0.246 e. The molecule has 1 heterocycles. The average molecular weight is 269 g/mol. The Morgan fingerprint density at radius 3 is 2.70 bits per heavy atom. The van der Waals surface area contributed by atoms with Crippen molar-refractivity contribution in [2.75, 3.05) is 7.05 Å². The zero-order valence-corrected chi connectivity index (χ0v) is 11.8. The van der Waals surface area contributed by atoms with Crippen molar-refractivity contribution in [3.05, 3.63) is 59.7 Å². The number of likely N-dealkylation sites (N-methyl/N-ethyl adjacent to an activating group) is 1. The molecule has 1 N–H and O–H groups in total. The van der Waals surface area contributed by atoms with Gasteiger partial charge < -0.3 is 9.88 Å². The number of rotatable bonds is 5. The Hall–Kier alpha value is -2.36. The van der Waals surface area contributed by atoms with Gasteiger partial charge in [0.05, 0.1) is 6.54 Å². The number of carbonyl (C=O) groups is 1. The third-order valence-corrected chi connectivity index (χ3v) is 3.12. The van der Waals surface area contributed by atoms with Crippen molar-refractivity contribution in [2.45, 2.75) is 19.9 Å². The van der Waals surface area contributed by atoms with Gasteiger partial charge in [0.25, 0.3) is 0 Å². The molecule has 2 rings (SSSR count). The largest absolute Gasteiger partial charge is 0.347 e. The van der Waals surface area contributed by atoms with Gasteiger partial charge in [0, 0.05) is 25.5 Å². The quantitative estimate of drug-likeness (QED) is 0.848. The lowest BCUT2D eigenvalue weighted by Crippen LogP contribution is -2.24. The summed E-state index contributed by atoms with van der Waals surface area (Å²) in [5.41, 5.74) is 2.32. The summed E-state index contributed by atoms with van der Waals surface area (Å²) in [6.45, 7) is 2.60. The second-order valence-electron chi connectivity index (χ2n) is 4.66. The zero-order chi connectivity index (χ0) is 14.4. The van der Waals surface area contributed by atoms with Crippen LogP contribution in [0.3, 0.4) is 0 Å². The standard InChI is InChI=1S/C16H19N3O/c1-3-13-4-6-14(7-5-13)8-9-16(20)19(2)12-15-17-10-11-18-15/h4-11H,3,12H2,1-2H3,(H,17,18). The first-order chi connectivity index (χ1) is 9.69. The molecule has 20 heavy (non-hydrogen) atoms. The van der Waals surface area contributed by atoms with Gasteiger partial charge in [0.15, 0.2) is 0 Å². The maximum atomic E-state index is 12.0. The van der Waals surface area contributed by atoms with Gasteiger partial charge in [0.2, 0.25) is 5.91 Å². The number of H-pyrrole nitrogens is 1. The SMILES string of the molecule is CCc1ccc(C=CC(=O)N(C)Cc2ncc[nH]2)cc1. The molecule has 104 valence electrons.